The molecule has 1 heterocycles. The summed E-state index contributed by atoms with van der Waals surface area (Å²) >= 11 is 0. The summed E-state index contributed by atoms with van der Waals surface area (Å²) in [5.41, 5.74) is 2.01. The Labute approximate surface area is 125 Å². The lowest BCUT2D eigenvalue weighted by atomic mass is 10.2. The van der Waals surface area contributed by atoms with Gasteiger partial charge in [-0.1, -0.05) is 19.9 Å². The molecular weight excluding hydrogens is 267 g/mol. The zero-order valence-corrected chi connectivity index (χ0v) is 12.7. The number of benzene rings is 1. The lowest BCUT2D eigenvalue weighted by Crippen LogP contribution is -2.18. The SMILES string of the molecule is Cc1ccc(F)c(Oc2cc(CNCC(C)C)ccn2)c1. The lowest BCUT2D eigenvalue weighted by molar-refractivity contribution is 0.426. The Hall–Kier alpha value is -1.94. The first-order chi connectivity index (χ1) is 10.0. The van der Waals surface area contributed by atoms with Crippen LogP contribution >= 0.6 is 0 Å². The Morgan fingerprint density at radius 3 is 2.81 bits per heavy atom. The lowest BCUT2D eigenvalue weighted by Gasteiger charge is -2.10. The second-order valence-electron chi connectivity index (χ2n) is 5.56. The van der Waals surface area contributed by atoms with Crippen molar-refractivity contribution in [3.63, 3.8) is 0 Å². The highest BCUT2D eigenvalue weighted by atomic mass is 19.1. The number of nitrogens with zero attached hydrogens (tertiary/aromatic N) is 1. The molecule has 1 aromatic carbocycles. The van der Waals surface area contributed by atoms with Crippen molar-refractivity contribution in [2.45, 2.75) is 27.3 Å². The zero-order valence-electron chi connectivity index (χ0n) is 12.7. The molecule has 0 aliphatic carbocycles. The largest absolute Gasteiger partial charge is 0.436 e. The summed E-state index contributed by atoms with van der Waals surface area (Å²) in [5, 5.41) is 3.36. The molecule has 3 nitrogen and oxygen atoms in total. The van der Waals surface area contributed by atoms with Crippen molar-refractivity contribution in [2.24, 2.45) is 5.92 Å². The predicted octanol–water partition coefficient (Wildman–Crippen LogP) is 4.07. The molecule has 2 aromatic rings. The van der Waals surface area contributed by atoms with Gasteiger partial charge in [0, 0.05) is 18.8 Å². The number of hydrogen-bond donors (Lipinski definition) is 1. The second-order valence-corrected chi connectivity index (χ2v) is 5.56. The summed E-state index contributed by atoms with van der Waals surface area (Å²) in [6.07, 6.45) is 1.68. The van der Waals surface area contributed by atoms with E-state index in [1.165, 1.54) is 6.07 Å². The molecule has 0 fully saturated rings. The van der Waals surface area contributed by atoms with Crippen LogP contribution in [0.15, 0.2) is 36.5 Å². The van der Waals surface area contributed by atoms with E-state index >= 15 is 0 Å². The molecule has 0 aliphatic rings. The minimum Gasteiger partial charge on any atom is -0.436 e. The summed E-state index contributed by atoms with van der Waals surface area (Å²) < 4.78 is 19.2. The molecule has 0 amide bonds. The number of halogens is 1. The first kappa shape index (κ1) is 15.4. The molecule has 0 unspecified atom stereocenters. The van der Waals surface area contributed by atoms with Crippen LogP contribution in [0.25, 0.3) is 0 Å². The molecule has 0 radical (unpaired) electrons. The van der Waals surface area contributed by atoms with Gasteiger partial charge >= 0.3 is 0 Å². The summed E-state index contributed by atoms with van der Waals surface area (Å²) in [5.74, 6) is 0.827. The summed E-state index contributed by atoms with van der Waals surface area (Å²) in [6, 6.07) is 8.53. The van der Waals surface area contributed by atoms with Gasteiger partial charge in [0.25, 0.3) is 0 Å². The number of aryl methyl sites for hydroxylation is 1. The molecule has 0 saturated heterocycles. The van der Waals surface area contributed by atoms with Gasteiger partial charge in [0.1, 0.15) is 0 Å². The zero-order chi connectivity index (χ0) is 15.2. The first-order valence-corrected chi connectivity index (χ1v) is 7.14. The Morgan fingerprint density at radius 2 is 2.05 bits per heavy atom. The highest BCUT2D eigenvalue weighted by Crippen LogP contribution is 2.24. The van der Waals surface area contributed by atoms with Gasteiger partial charge in [-0.2, -0.15) is 0 Å². The van der Waals surface area contributed by atoms with Gasteiger partial charge < -0.3 is 10.1 Å². The van der Waals surface area contributed by atoms with E-state index in [1.807, 2.05) is 19.1 Å². The molecule has 0 spiro atoms. The van der Waals surface area contributed by atoms with Gasteiger partial charge in [0.05, 0.1) is 0 Å². The third-order valence-electron chi connectivity index (χ3n) is 2.98. The number of hydrogen-bond acceptors (Lipinski definition) is 3. The van der Waals surface area contributed by atoms with E-state index in [9.17, 15) is 4.39 Å². The Balaban J connectivity index is 2.05. The smallest absolute Gasteiger partial charge is 0.219 e. The quantitative estimate of drug-likeness (QED) is 0.870. The number of rotatable bonds is 6. The number of ether oxygens (including phenoxy) is 1. The Kier molecular flexibility index (Phi) is 5.28. The van der Waals surface area contributed by atoms with Crippen molar-refractivity contribution in [3.8, 4) is 11.6 Å². The van der Waals surface area contributed by atoms with Crippen LogP contribution in [0.4, 0.5) is 4.39 Å². The van der Waals surface area contributed by atoms with Crippen LogP contribution in [-0.2, 0) is 6.54 Å². The van der Waals surface area contributed by atoms with Gasteiger partial charge in [-0.15, -0.1) is 0 Å². The minimum atomic E-state index is -0.384. The third kappa shape index (κ3) is 4.83. The fourth-order valence-corrected chi connectivity index (χ4v) is 1.92. The van der Waals surface area contributed by atoms with Crippen molar-refractivity contribution in [1.29, 1.82) is 0 Å². The van der Waals surface area contributed by atoms with E-state index in [0.717, 1.165) is 24.2 Å². The highest BCUT2D eigenvalue weighted by Gasteiger charge is 2.06. The maximum atomic E-state index is 13.7. The molecule has 1 aromatic heterocycles. The standard InChI is InChI=1S/C17H21FN2O/c1-12(2)10-19-11-14-6-7-20-17(9-14)21-16-8-13(3)4-5-15(16)18/h4-9,12,19H,10-11H2,1-3H3. The van der Waals surface area contributed by atoms with Crippen molar-refractivity contribution in [1.82, 2.24) is 10.3 Å². The molecule has 4 heteroatoms. The van der Waals surface area contributed by atoms with Gasteiger partial charge in [-0.25, -0.2) is 9.37 Å². The van der Waals surface area contributed by atoms with E-state index < -0.39 is 0 Å². The van der Waals surface area contributed by atoms with E-state index in [4.69, 9.17) is 4.74 Å². The van der Waals surface area contributed by atoms with E-state index in [-0.39, 0.29) is 11.6 Å². The minimum absolute atomic E-state index is 0.204. The number of aromatic nitrogens is 1. The van der Waals surface area contributed by atoms with E-state index in [2.05, 4.69) is 24.1 Å². The number of nitrogens with one attached hydrogen (secondary N) is 1. The van der Waals surface area contributed by atoms with Gasteiger partial charge in [-0.3, -0.25) is 0 Å². The second kappa shape index (κ2) is 7.18. The van der Waals surface area contributed by atoms with Crippen molar-refractivity contribution in [3.05, 3.63) is 53.5 Å². The molecule has 21 heavy (non-hydrogen) atoms. The predicted molar refractivity (Wildman–Crippen MR) is 82.0 cm³/mol. The Bertz CT molecular complexity index is 599. The van der Waals surface area contributed by atoms with Crippen LogP contribution in [0.2, 0.25) is 0 Å². The van der Waals surface area contributed by atoms with Crippen LogP contribution in [-0.4, -0.2) is 11.5 Å². The normalized spacial score (nSPS) is 10.9. The first-order valence-electron chi connectivity index (χ1n) is 7.14. The Morgan fingerprint density at radius 1 is 1.24 bits per heavy atom. The molecule has 1 N–H and O–H groups in total. The average molecular weight is 288 g/mol. The molecule has 112 valence electrons. The van der Waals surface area contributed by atoms with Gasteiger partial charge in [0.2, 0.25) is 5.88 Å². The van der Waals surface area contributed by atoms with Crippen LogP contribution in [0, 0.1) is 18.7 Å². The average Bonchev–Trinajstić information content (AvgIpc) is 2.43. The molecular formula is C17H21FN2O. The highest BCUT2D eigenvalue weighted by molar-refractivity contribution is 5.33. The van der Waals surface area contributed by atoms with Gasteiger partial charge in [0.15, 0.2) is 11.6 Å². The van der Waals surface area contributed by atoms with Crippen LogP contribution in [0.3, 0.4) is 0 Å². The molecule has 0 saturated carbocycles. The maximum Gasteiger partial charge on any atom is 0.219 e. The monoisotopic (exact) mass is 288 g/mol. The topological polar surface area (TPSA) is 34.1 Å². The van der Waals surface area contributed by atoms with Crippen molar-refractivity contribution < 1.29 is 9.13 Å². The fourth-order valence-electron chi connectivity index (χ4n) is 1.92. The van der Waals surface area contributed by atoms with E-state index in [1.54, 1.807) is 18.3 Å². The van der Waals surface area contributed by atoms with Crippen molar-refractivity contribution >= 4 is 0 Å². The molecule has 0 aliphatic heterocycles. The third-order valence-corrected chi connectivity index (χ3v) is 2.98. The summed E-state index contributed by atoms with van der Waals surface area (Å²) in [4.78, 5) is 4.13. The molecule has 0 bridgehead atoms. The van der Waals surface area contributed by atoms with E-state index in [0.29, 0.717) is 11.8 Å². The molecule has 0 atom stereocenters. The maximum absolute atomic E-state index is 13.7. The van der Waals surface area contributed by atoms with Crippen molar-refractivity contribution in [2.75, 3.05) is 6.54 Å². The van der Waals surface area contributed by atoms with Crippen LogP contribution in [0.1, 0.15) is 25.0 Å². The van der Waals surface area contributed by atoms with Crippen LogP contribution in [0.5, 0.6) is 11.6 Å². The molecule has 2 rings (SSSR count). The summed E-state index contributed by atoms with van der Waals surface area (Å²) in [7, 11) is 0. The number of pyridine rings is 1. The fraction of sp³-hybridized carbons (Fsp3) is 0.353. The van der Waals surface area contributed by atoms with Crippen LogP contribution < -0.4 is 10.1 Å². The van der Waals surface area contributed by atoms with Gasteiger partial charge in [-0.05, 0) is 48.7 Å². The summed E-state index contributed by atoms with van der Waals surface area (Å²) in [6.45, 7) is 7.91.